The Morgan fingerprint density at radius 1 is 0.833 bits per heavy atom. The molecular weight excluding hydrogens is 374 g/mol. The summed E-state index contributed by atoms with van der Waals surface area (Å²) in [6.07, 6.45) is 5.93. The summed E-state index contributed by atoms with van der Waals surface area (Å²) in [6.45, 7) is 0. The minimum Gasteiger partial charge on any atom is -0.384 e. The van der Waals surface area contributed by atoms with Gasteiger partial charge in [0.15, 0.2) is 5.65 Å². The van der Waals surface area contributed by atoms with Gasteiger partial charge in [0.25, 0.3) is 0 Å². The van der Waals surface area contributed by atoms with Crippen LogP contribution in [-0.2, 0) is 14.1 Å². The highest BCUT2D eigenvalue weighted by Gasteiger charge is 2.16. The first-order chi connectivity index (χ1) is 14.6. The van der Waals surface area contributed by atoms with Crippen LogP contribution in [0.5, 0.6) is 0 Å². The Bertz CT molecular complexity index is 1580. The number of nitrogens with zero attached hydrogens (tertiary/aromatic N) is 6. The molecule has 6 rings (SSSR count). The first-order valence-corrected chi connectivity index (χ1v) is 9.71. The van der Waals surface area contributed by atoms with E-state index in [9.17, 15) is 0 Å². The Hall–Kier alpha value is -4.13. The fraction of sp³-hybridized carbons (Fsp3) is 0.0870. The molecule has 0 aliphatic rings. The van der Waals surface area contributed by atoms with Gasteiger partial charge in [-0.1, -0.05) is 18.2 Å². The summed E-state index contributed by atoms with van der Waals surface area (Å²) in [6, 6.07) is 16.2. The number of para-hydroxylation sites is 1. The van der Waals surface area contributed by atoms with Crippen molar-refractivity contribution in [2.75, 3.05) is 5.73 Å². The van der Waals surface area contributed by atoms with Crippen LogP contribution in [0.2, 0.25) is 0 Å². The van der Waals surface area contributed by atoms with Crippen molar-refractivity contribution < 1.29 is 0 Å². The van der Waals surface area contributed by atoms with Gasteiger partial charge in [-0.3, -0.25) is 0 Å². The molecule has 0 saturated carbocycles. The summed E-state index contributed by atoms with van der Waals surface area (Å²) in [4.78, 5) is 9.35. The smallest absolute Gasteiger partial charge is 0.158 e. The Labute approximate surface area is 172 Å². The minimum atomic E-state index is 0.544. The molecule has 30 heavy (non-hydrogen) atoms. The zero-order valence-corrected chi connectivity index (χ0v) is 16.6. The molecule has 0 atom stereocenters. The van der Waals surface area contributed by atoms with Crippen LogP contribution in [0.25, 0.3) is 50.1 Å². The molecule has 1 aromatic carbocycles. The third-order valence-electron chi connectivity index (χ3n) is 5.64. The van der Waals surface area contributed by atoms with Gasteiger partial charge in [0.1, 0.15) is 11.5 Å². The fourth-order valence-corrected chi connectivity index (χ4v) is 4.23. The van der Waals surface area contributed by atoms with Gasteiger partial charge in [-0.15, -0.1) is 0 Å². The van der Waals surface area contributed by atoms with Crippen molar-refractivity contribution in [1.82, 2.24) is 28.7 Å². The number of aryl methyl sites for hydroxylation is 2. The second-order valence-electron chi connectivity index (χ2n) is 7.56. The fourth-order valence-electron chi connectivity index (χ4n) is 4.23. The van der Waals surface area contributed by atoms with E-state index < -0.39 is 0 Å². The maximum absolute atomic E-state index is 6.39. The summed E-state index contributed by atoms with van der Waals surface area (Å²) in [5, 5.41) is 6.95. The van der Waals surface area contributed by atoms with Gasteiger partial charge in [0.05, 0.1) is 11.4 Å². The normalized spacial score (nSPS) is 11.8. The molecule has 0 bridgehead atoms. The van der Waals surface area contributed by atoms with Crippen LogP contribution in [0.3, 0.4) is 0 Å². The number of hydrogen-bond donors (Lipinski definition) is 1. The number of rotatable bonds is 2. The van der Waals surface area contributed by atoms with Crippen molar-refractivity contribution in [3.63, 3.8) is 0 Å². The molecule has 0 spiro atoms. The Balaban J connectivity index is 1.57. The number of anilines is 1. The van der Waals surface area contributed by atoms with Gasteiger partial charge in [-0.25, -0.2) is 9.97 Å². The van der Waals surface area contributed by atoms with Crippen LogP contribution >= 0.6 is 0 Å². The van der Waals surface area contributed by atoms with Gasteiger partial charge in [-0.05, 0) is 18.2 Å². The molecule has 0 radical (unpaired) electrons. The van der Waals surface area contributed by atoms with E-state index in [0.717, 1.165) is 44.5 Å². The monoisotopic (exact) mass is 393 g/mol. The van der Waals surface area contributed by atoms with Gasteiger partial charge in [0.2, 0.25) is 0 Å². The highest BCUT2D eigenvalue weighted by atomic mass is 15.3. The molecule has 0 aliphatic carbocycles. The number of nitrogens with two attached hydrogens (primary N) is 1. The highest BCUT2D eigenvalue weighted by Crippen LogP contribution is 2.32. The first kappa shape index (κ1) is 16.8. The van der Waals surface area contributed by atoms with Crippen molar-refractivity contribution >= 4 is 33.4 Å². The number of benzene rings is 1. The number of pyridine rings is 1. The van der Waals surface area contributed by atoms with Gasteiger partial charge in [-0.2, -0.15) is 9.61 Å². The average molecular weight is 393 g/mol. The molecule has 0 aliphatic heterocycles. The summed E-state index contributed by atoms with van der Waals surface area (Å²) < 4.78 is 5.81. The highest BCUT2D eigenvalue weighted by molar-refractivity contribution is 5.96. The van der Waals surface area contributed by atoms with Crippen LogP contribution in [0.15, 0.2) is 67.1 Å². The molecule has 146 valence electrons. The lowest BCUT2D eigenvalue weighted by Gasteiger charge is -2.03. The van der Waals surface area contributed by atoms with Crippen molar-refractivity contribution in [2.24, 2.45) is 14.1 Å². The van der Waals surface area contributed by atoms with Gasteiger partial charge in [0, 0.05) is 72.2 Å². The van der Waals surface area contributed by atoms with Crippen molar-refractivity contribution in [2.45, 2.75) is 0 Å². The van der Waals surface area contributed by atoms with Crippen LogP contribution in [0.1, 0.15) is 0 Å². The van der Waals surface area contributed by atoms with Crippen LogP contribution in [0, 0.1) is 0 Å². The number of nitrogen functional groups attached to an aromatic ring is 1. The van der Waals surface area contributed by atoms with Crippen LogP contribution in [-0.4, -0.2) is 28.7 Å². The summed E-state index contributed by atoms with van der Waals surface area (Å²) in [5.41, 5.74) is 12.9. The van der Waals surface area contributed by atoms with E-state index in [2.05, 4.69) is 33.9 Å². The summed E-state index contributed by atoms with van der Waals surface area (Å²) in [5.74, 6) is 0.544. The SMILES string of the molecule is Cn1cc(-c2cc3nc(-c4cn(C)c5ncccc45)cc(N)n3n2)c2ccccc21. The third kappa shape index (κ3) is 2.29. The lowest BCUT2D eigenvalue weighted by Crippen LogP contribution is -2.01. The summed E-state index contributed by atoms with van der Waals surface area (Å²) in [7, 11) is 4.03. The zero-order chi connectivity index (χ0) is 20.4. The molecule has 0 fully saturated rings. The lowest BCUT2D eigenvalue weighted by molar-refractivity contribution is 0.944. The minimum absolute atomic E-state index is 0.544. The van der Waals surface area contributed by atoms with Crippen molar-refractivity contribution in [1.29, 1.82) is 0 Å². The molecule has 0 unspecified atom stereocenters. The topological polar surface area (TPSA) is 79.0 Å². The van der Waals surface area contributed by atoms with Gasteiger partial charge < -0.3 is 14.9 Å². The molecule has 7 heteroatoms. The van der Waals surface area contributed by atoms with E-state index in [1.165, 1.54) is 0 Å². The third-order valence-corrected chi connectivity index (χ3v) is 5.64. The Morgan fingerprint density at radius 3 is 2.50 bits per heavy atom. The standard InChI is InChI=1S/C23H19N7/c1-28-12-16(14-6-3-4-8-20(14)28)19-11-22-26-18(10-21(24)30(22)27-19)17-13-29(2)23-15(17)7-5-9-25-23/h3-13H,24H2,1-2H3. The van der Waals surface area contributed by atoms with Crippen LogP contribution in [0.4, 0.5) is 5.82 Å². The molecular formula is C23H19N7. The maximum Gasteiger partial charge on any atom is 0.158 e. The molecule has 5 heterocycles. The van der Waals surface area contributed by atoms with E-state index in [-0.39, 0.29) is 0 Å². The second-order valence-corrected chi connectivity index (χ2v) is 7.56. The summed E-state index contributed by atoms with van der Waals surface area (Å²) >= 11 is 0. The quantitative estimate of drug-likeness (QED) is 0.482. The number of fused-ring (bicyclic) bond motifs is 3. The molecule has 7 nitrogen and oxygen atoms in total. The van der Waals surface area contributed by atoms with E-state index in [4.69, 9.17) is 15.8 Å². The predicted molar refractivity (Wildman–Crippen MR) is 119 cm³/mol. The van der Waals surface area contributed by atoms with Crippen molar-refractivity contribution in [3.8, 4) is 22.5 Å². The number of aromatic nitrogens is 6. The predicted octanol–water partition coefficient (Wildman–Crippen LogP) is 4.02. The van der Waals surface area contributed by atoms with Crippen molar-refractivity contribution in [3.05, 3.63) is 67.1 Å². The largest absolute Gasteiger partial charge is 0.384 e. The average Bonchev–Trinajstić information content (AvgIpc) is 3.43. The zero-order valence-electron chi connectivity index (χ0n) is 16.6. The molecule has 6 aromatic rings. The lowest BCUT2D eigenvalue weighted by atomic mass is 10.1. The van der Waals surface area contributed by atoms with E-state index >= 15 is 0 Å². The first-order valence-electron chi connectivity index (χ1n) is 9.71. The maximum atomic E-state index is 6.39. The van der Waals surface area contributed by atoms with Gasteiger partial charge >= 0.3 is 0 Å². The Kier molecular flexibility index (Phi) is 3.32. The van der Waals surface area contributed by atoms with Crippen LogP contribution < -0.4 is 5.73 Å². The number of hydrogen-bond acceptors (Lipinski definition) is 4. The molecule has 5 aromatic heterocycles. The molecule has 0 amide bonds. The Morgan fingerprint density at radius 2 is 1.60 bits per heavy atom. The van der Waals surface area contributed by atoms with E-state index in [0.29, 0.717) is 11.5 Å². The van der Waals surface area contributed by atoms with E-state index in [1.807, 2.05) is 55.2 Å². The molecule has 2 N–H and O–H groups in total. The second kappa shape index (κ2) is 5.93. The van der Waals surface area contributed by atoms with E-state index in [1.54, 1.807) is 10.7 Å². The molecule has 0 saturated heterocycles.